The molecule has 1 aliphatic heterocycles. The van der Waals surface area contributed by atoms with E-state index in [0.29, 0.717) is 30.0 Å². The number of esters is 1. The van der Waals surface area contributed by atoms with E-state index in [0.717, 1.165) is 29.9 Å². The molecule has 3 rings (SSSR count). The number of carbonyl (C=O) groups excluding carboxylic acids is 5. The van der Waals surface area contributed by atoms with Gasteiger partial charge in [0.15, 0.2) is 6.10 Å². The van der Waals surface area contributed by atoms with Crippen molar-refractivity contribution in [2.24, 2.45) is 17.8 Å². The van der Waals surface area contributed by atoms with Crippen LogP contribution < -0.4 is 16.0 Å². The number of aromatic nitrogens is 1. The van der Waals surface area contributed by atoms with Crippen molar-refractivity contribution >= 4 is 52.8 Å². The molecule has 1 fully saturated rings. The van der Waals surface area contributed by atoms with Gasteiger partial charge in [0.2, 0.25) is 11.8 Å². The molecule has 1 aliphatic rings. The van der Waals surface area contributed by atoms with Crippen molar-refractivity contribution in [3.8, 4) is 0 Å². The molecule has 0 spiro atoms. The van der Waals surface area contributed by atoms with Gasteiger partial charge in [0.1, 0.15) is 16.7 Å². The van der Waals surface area contributed by atoms with Crippen LogP contribution in [0.15, 0.2) is 29.6 Å². The number of amides is 4. The summed E-state index contributed by atoms with van der Waals surface area (Å²) in [5, 5.41) is 20.2. The number of benzene rings is 1. The van der Waals surface area contributed by atoms with E-state index in [-0.39, 0.29) is 48.8 Å². The van der Waals surface area contributed by atoms with Gasteiger partial charge in [-0.15, -0.1) is 11.3 Å². The summed E-state index contributed by atoms with van der Waals surface area (Å²) in [6, 6.07) is 5.16. The van der Waals surface area contributed by atoms with Gasteiger partial charge in [-0.2, -0.15) is 0 Å². The lowest BCUT2D eigenvalue weighted by molar-refractivity contribution is -0.149. The first-order valence-corrected chi connectivity index (χ1v) is 20.7. The van der Waals surface area contributed by atoms with Gasteiger partial charge in [-0.05, 0) is 82.7 Å². The van der Waals surface area contributed by atoms with Crippen LogP contribution in [0, 0.1) is 17.8 Å². The first-order chi connectivity index (χ1) is 26.8. The standard InChI is InChI=1S/C41H62N6O9S/c1-11-25(5)34(45-39(53)41(8)18-13-19-46(41)9)37(50)47(10)32(24(3)4)22-33(56-27(7)48)36-44-31(23-57-36)35(49)42-30(20-26(6)38(51)52)21-28-14-16-29(17-15-28)43-40(54)55-12-2/h14-17,23-26,30,32-34H,11-13,18-22H2,1-10H3,(H,42,49)(H,43,54)(H,45,53)(H,51,52)/t25-,26-,30+,32+,33+,34-,41+/m0/s1. The molecular formula is C41H62N6O9S. The molecule has 1 aromatic heterocycles. The van der Waals surface area contributed by atoms with Crippen LogP contribution in [0.5, 0.6) is 0 Å². The number of hydrogen-bond donors (Lipinski definition) is 4. The van der Waals surface area contributed by atoms with E-state index in [2.05, 4.69) is 20.9 Å². The number of likely N-dealkylation sites (tertiary alicyclic amines) is 1. The van der Waals surface area contributed by atoms with Gasteiger partial charge in [-0.25, -0.2) is 9.78 Å². The average molecular weight is 815 g/mol. The Morgan fingerprint density at radius 1 is 1.04 bits per heavy atom. The van der Waals surface area contributed by atoms with Crippen LogP contribution in [0.2, 0.25) is 0 Å². The Balaban J connectivity index is 1.82. The second kappa shape index (κ2) is 21.3. The van der Waals surface area contributed by atoms with Crippen LogP contribution in [-0.4, -0.2) is 107 Å². The highest BCUT2D eigenvalue weighted by molar-refractivity contribution is 7.09. The number of nitrogens with one attached hydrogen (secondary N) is 3. The minimum atomic E-state index is -1.000. The van der Waals surface area contributed by atoms with Crippen LogP contribution in [-0.2, 0) is 35.1 Å². The molecule has 316 valence electrons. The monoisotopic (exact) mass is 814 g/mol. The summed E-state index contributed by atoms with van der Waals surface area (Å²) < 4.78 is 10.7. The topological polar surface area (TPSA) is 197 Å². The second-order valence-electron chi connectivity index (χ2n) is 15.7. The van der Waals surface area contributed by atoms with Gasteiger partial charge < -0.3 is 30.1 Å². The minimum absolute atomic E-state index is 0.0737. The molecule has 0 saturated carbocycles. The highest BCUT2D eigenvalue weighted by atomic mass is 32.1. The highest BCUT2D eigenvalue weighted by Crippen LogP contribution is 2.32. The maximum Gasteiger partial charge on any atom is 0.411 e. The van der Waals surface area contributed by atoms with Gasteiger partial charge in [0.05, 0.1) is 18.1 Å². The van der Waals surface area contributed by atoms with Crippen molar-refractivity contribution in [3.63, 3.8) is 0 Å². The Morgan fingerprint density at radius 2 is 1.70 bits per heavy atom. The second-order valence-corrected chi connectivity index (χ2v) is 16.6. The number of rotatable bonds is 20. The maximum atomic E-state index is 14.3. The number of nitrogens with zero attached hydrogens (tertiary/aromatic N) is 3. The number of aliphatic carboxylic acids is 1. The van der Waals surface area contributed by atoms with E-state index in [9.17, 15) is 33.9 Å². The van der Waals surface area contributed by atoms with Crippen molar-refractivity contribution in [1.29, 1.82) is 0 Å². The molecule has 2 heterocycles. The van der Waals surface area contributed by atoms with Gasteiger partial charge in [0.25, 0.3) is 5.91 Å². The first-order valence-electron chi connectivity index (χ1n) is 19.8. The molecule has 0 radical (unpaired) electrons. The Labute approximate surface area is 340 Å². The normalized spacial score (nSPS) is 18.7. The molecule has 0 unspecified atom stereocenters. The fourth-order valence-corrected chi connectivity index (χ4v) is 7.90. The van der Waals surface area contributed by atoms with Gasteiger partial charge in [0, 0.05) is 43.5 Å². The number of likely N-dealkylation sites (N-methyl/N-ethyl adjacent to an activating group) is 2. The third kappa shape index (κ3) is 13.0. The minimum Gasteiger partial charge on any atom is -0.481 e. The number of carboxylic acid groups (broad SMARTS) is 1. The van der Waals surface area contributed by atoms with Gasteiger partial charge >= 0.3 is 18.0 Å². The molecular weight excluding hydrogens is 753 g/mol. The molecule has 15 nitrogen and oxygen atoms in total. The van der Waals surface area contributed by atoms with Gasteiger partial charge in [-0.3, -0.25) is 34.2 Å². The summed E-state index contributed by atoms with van der Waals surface area (Å²) in [5.74, 6) is -3.49. The molecule has 4 N–H and O–H groups in total. The average Bonchev–Trinajstić information content (AvgIpc) is 3.79. The third-order valence-corrected chi connectivity index (χ3v) is 12.0. The quantitative estimate of drug-likeness (QED) is 0.121. The Hall–Kier alpha value is -4.57. The fraction of sp³-hybridized carbons (Fsp3) is 0.634. The molecule has 16 heteroatoms. The highest BCUT2D eigenvalue weighted by Gasteiger charge is 2.44. The Morgan fingerprint density at radius 3 is 2.25 bits per heavy atom. The zero-order valence-corrected chi connectivity index (χ0v) is 35.9. The number of anilines is 1. The van der Waals surface area contributed by atoms with E-state index in [4.69, 9.17) is 9.47 Å². The summed E-state index contributed by atoms with van der Waals surface area (Å²) in [6.07, 6.45) is 1.43. The molecule has 4 amide bonds. The molecule has 1 saturated heterocycles. The summed E-state index contributed by atoms with van der Waals surface area (Å²) in [7, 11) is 3.62. The molecule has 2 aromatic rings. The third-order valence-electron chi connectivity index (χ3n) is 11.0. The lowest BCUT2D eigenvalue weighted by Crippen LogP contribution is -2.60. The van der Waals surface area contributed by atoms with Crippen LogP contribution in [0.4, 0.5) is 10.5 Å². The van der Waals surface area contributed by atoms with Crippen LogP contribution >= 0.6 is 11.3 Å². The number of hydrogen-bond acceptors (Lipinski definition) is 11. The lowest BCUT2D eigenvalue weighted by Gasteiger charge is -2.38. The van der Waals surface area contributed by atoms with Crippen LogP contribution in [0.1, 0.15) is 115 Å². The van der Waals surface area contributed by atoms with Crippen molar-refractivity contribution < 1.29 is 43.3 Å². The molecule has 0 aliphatic carbocycles. The van der Waals surface area contributed by atoms with E-state index >= 15 is 0 Å². The van der Waals surface area contributed by atoms with E-state index in [1.54, 1.807) is 55.4 Å². The lowest BCUT2D eigenvalue weighted by atomic mass is 9.91. The Bertz CT molecular complexity index is 1700. The zero-order valence-electron chi connectivity index (χ0n) is 35.0. The summed E-state index contributed by atoms with van der Waals surface area (Å²) in [6.45, 7) is 15.4. The van der Waals surface area contributed by atoms with E-state index in [1.165, 1.54) is 6.92 Å². The SMILES string of the molecule is CCOC(=O)Nc1ccc(C[C@@H](C[C@H](C)C(=O)O)NC(=O)c2csc([C@@H](C[C@H](C(C)C)N(C)C(=O)[C@@H](NC(=O)[C@@]3(C)CCCN3C)[C@@H](C)CC)OC(C)=O)n2)cc1. The van der Waals surface area contributed by atoms with Crippen molar-refractivity contribution in [1.82, 2.24) is 25.4 Å². The predicted molar refractivity (Wildman–Crippen MR) is 218 cm³/mol. The molecule has 7 atom stereocenters. The van der Waals surface area contributed by atoms with Gasteiger partial charge in [-0.1, -0.05) is 53.2 Å². The maximum absolute atomic E-state index is 14.3. The number of ether oxygens (including phenoxy) is 2. The summed E-state index contributed by atoms with van der Waals surface area (Å²) >= 11 is 1.15. The van der Waals surface area contributed by atoms with Crippen molar-refractivity contribution in [2.45, 2.75) is 124 Å². The smallest absolute Gasteiger partial charge is 0.411 e. The molecule has 0 bridgehead atoms. The summed E-state index contributed by atoms with van der Waals surface area (Å²) in [4.78, 5) is 85.8. The van der Waals surface area contributed by atoms with Crippen LogP contribution in [0.3, 0.4) is 0 Å². The molecule has 57 heavy (non-hydrogen) atoms. The predicted octanol–water partition coefficient (Wildman–Crippen LogP) is 5.66. The number of carboxylic acids is 1. The van der Waals surface area contributed by atoms with Crippen molar-refractivity contribution in [3.05, 3.63) is 45.9 Å². The summed E-state index contributed by atoms with van der Waals surface area (Å²) in [5.41, 5.74) is 0.689. The van der Waals surface area contributed by atoms with Crippen molar-refractivity contribution in [2.75, 3.05) is 32.6 Å². The zero-order chi connectivity index (χ0) is 42.6. The largest absolute Gasteiger partial charge is 0.481 e. The number of carbonyl (C=O) groups is 6. The number of thiazole rings is 1. The molecule has 1 aromatic carbocycles. The van der Waals surface area contributed by atoms with E-state index in [1.807, 2.05) is 46.6 Å². The van der Waals surface area contributed by atoms with Crippen LogP contribution in [0.25, 0.3) is 0 Å². The fourth-order valence-electron chi connectivity index (χ4n) is 7.06. The first kappa shape index (κ1) is 46.8. The van der Waals surface area contributed by atoms with E-state index < -0.39 is 59.6 Å². The Kier molecular flexibility index (Phi) is 17.5.